The largest absolute Gasteiger partial charge is 0.438 e. The molecule has 0 bridgehead atoms. The summed E-state index contributed by atoms with van der Waals surface area (Å²) in [5.41, 5.74) is 5.86. The van der Waals surface area contributed by atoms with Crippen LogP contribution in [0.25, 0.3) is 27.8 Å². The highest BCUT2D eigenvalue weighted by Crippen LogP contribution is 2.32. The molecule has 5 aromatic rings. The summed E-state index contributed by atoms with van der Waals surface area (Å²) >= 11 is 0. The number of fused-ring (bicyclic) bond motifs is 2. The third-order valence-corrected chi connectivity index (χ3v) is 4.63. The van der Waals surface area contributed by atoms with E-state index < -0.39 is 0 Å². The Hall–Kier alpha value is -3.74. The van der Waals surface area contributed by atoms with Gasteiger partial charge in [0.25, 0.3) is 0 Å². The van der Waals surface area contributed by atoms with Crippen molar-refractivity contribution in [1.82, 2.24) is 29.5 Å². The minimum absolute atomic E-state index is 0.531. The van der Waals surface area contributed by atoms with Gasteiger partial charge in [0.15, 0.2) is 5.65 Å². The number of aryl methyl sites for hydroxylation is 2. The molecule has 0 unspecified atom stereocenters. The Balaban J connectivity index is 1.57. The van der Waals surface area contributed by atoms with Crippen molar-refractivity contribution in [2.75, 3.05) is 0 Å². The van der Waals surface area contributed by atoms with Crippen molar-refractivity contribution in [1.29, 1.82) is 0 Å². The fraction of sp³-hybridized carbons (Fsp3) is 0.100. The number of rotatable bonds is 3. The second kappa shape index (κ2) is 5.91. The van der Waals surface area contributed by atoms with Crippen molar-refractivity contribution in [2.45, 2.75) is 13.8 Å². The van der Waals surface area contributed by atoms with E-state index in [-0.39, 0.29) is 0 Å². The zero-order valence-corrected chi connectivity index (χ0v) is 14.8. The summed E-state index contributed by atoms with van der Waals surface area (Å²) in [6.45, 7) is 4.06. The predicted octanol–water partition coefficient (Wildman–Crippen LogP) is 4.08. The molecule has 0 atom stereocenters. The van der Waals surface area contributed by atoms with Crippen molar-refractivity contribution >= 4 is 16.6 Å². The summed E-state index contributed by atoms with van der Waals surface area (Å²) in [6, 6.07) is 7.86. The molecule has 0 spiro atoms. The van der Waals surface area contributed by atoms with Gasteiger partial charge in [-0.2, -0.15) is 5.10 Å². The lowest BCUT2D eigenvalue weighted by Crippen LogP contribution is -1.99. The van der Waals surface area contributed by atoms with E-state index in [9.17, 15) is 0 Å². The van der Waals surface area contributed by atoms with Crippen LogP contribution in [0.15, 0.2) is 55.2 Å². The number of pyridine rings is 1. The van der Waals surface area contributed by atoms with E-state index >= 15 is 0 Å². The quantitative estimate of drug-likeness (QED) is 0.527. The van der Waals surface area contributed by atoms with Gasteiger partial charge in [0, 0.05) is 24.2 Å². The molecule has 0 fully saturated rings. The number of hydrogen-bond donors (Lipinski definition) is 1. The number of aromatic amines is 1. The van der Waals surface area contributed by atoms with E-state index in [1.54, 1.807) is 24.8 Å². The van der Waals surface area contributed by atoms with Crippen LogP contribution in [-0.2, 0) is 0 Å². The van der Waals surface area contributed by atoms with E-state index in [0.717, 1.165) is 44.8 Å². The molecule has 0 aliphatic carbocycles. The average Bonchev–Trinajstić information content (AvgIpc) is 3.32. The highest BCUT2D eigenvalue weighted by molar-refractivity contribution is 5.82. The van der Waals surface area contributed by atoms with E-state index in [1.165, 1.54) is 0 Å². The Morgan fingerprint density at radius 1 is 1.00 bits per heavy atom. The fourth-order valence-corrected chi connectivity index (χ4v) is 3.32. The van der Waals surface area contributed by atoms with Crippen LogP contribution in [0.3, 0.4) is 0 Å². The number of nitrogens with zero attached hydrogens (tertiary/aromatic N) is 5. The zero-order chi connectivity index (χ0) is 18.4. The van der Waals surface area contributed by atoms with Gasteiger partial charge in [-0.25, -0.2) is 9.97 Å². The maximum Gasteiger partial charge on any atom is 0.230 e. The fourth-order valence-electron chi connectivity index (χ4n) is 3.32. The summed E-state index contributed by atoms with van der Waals surface area (Å²) in [6.07, 6.45) is 8.93. The summed E-state index contributed by atoms with van der Waals surface area (Å²) in [4.78, 5) is 13.1. The number of imidazole rings is 1. The Labute approximate surface area is 154 Å². The van der Waals surface area contributed by atoms with Crippen LogP contribution in [0.4, 0.5) is 0 Å². The first kappa shape index (κ1) is 15.5. The molecule has 7 heteroatoms. The monoisotopic (exact) mass is 356 g/mol. The summed E-state index contributed by atoms with van der Waals surface area (Å²) in [5.74, 6) is 1.25. The van der Waals surface area contributed by atoms with E-state index in [2.05, 4.69) is 36.5 Å². The highest BCUT2D eigenvalue weighted by Gasteiger charge is 2.13. The predicted molar refractivity (Wildman–Crippen MR) is 102 cm³/mol. The molecule has 4 aromatic heterocycles. The SMILES string of the molecule is Cc1cc(Oc2nccc3[nH]ncc23)ccc1-c1c(C)ncc2nccn12. The maximum absolute atomic E-state index is 6.02. The molecule has 0 saturated heterocycles. The topological polar surface area (TPSA) is 81.0 Å². The lowest BCUT2D eigenvalue weighted by atomic mass is 10.0. The highest BCUT2D eigenvalue weighted by atomic mass is 16.5. The number of ether oxygens (including phenoxy) is 1. The van der Waals surface area contributed by atoms with Gasteiger partial charge in [0.05, 0.1) is 34.7 Å². The molecule has 1 aromatic carbocycles. The van der Waals surface area contributed by atoms with Crippen LogP contribution in [0.5, 0.6) is 11.6 Å². The lowest BCUT2D eigenvalue weighted by Gasteiger charge is -2.13. The normalized spacial score (nSPS) is 11.3. The van der Waals surface area contributed by atoms with Crippen molar-refractivity contribution in [3.05, 3.63) is 66.5 Å². The molecule has 4 heterocycles. The number of benzene rings is 1. The lowest BCUT2D eigenvalue weighted by molar-refractivity contribution is 0.469. The van der Waals surface area contributed by atoms with Gasteiger partial charge in [-0.3, -0.25) is 14.5 Å². The average molecular weight is 356 g/mol. The molecule has 0 aliphatic rings. The first-order chi connectivity index (χ1) is 13.2. The van der Waals surface area contributed by atoms with Crippen molar-refractivity contribution in [3.8, 4) is 22.9 Å². The Morgan fingerprint density at radius 2 is 1.93 bits per heavy atom. The minimum Gasteiger partial charge on any atom is -0.438 e. The van der Waals surface area contributed by atoms with Crippen molar-refractivity contribution < 1.29 is 4.74 Å². The van der Waals surface area contributed by atoms with Gasteiger partial charge >= 0.3 is 0 Å². The molecule has 132 valence electrons. The molecular weight excluding hydrogens is 340 g/mol. The maximum atomic E-state index is 6.02. The summed E-state index contributed by atoms with van der Waals surface area (Å²) < 4.78 is 8.07. The summed E-state index contributed by atoms with van der Waals surface area (Å²) in [7, 11) is 0. The molecule has 0 saturated carbocycles. The molecule has 1 N–H and O–H groups in total. The van der Waals surface area contributed by atoms with Crippen LogP contribution >= 0.6 is 0 Å². The second-order valence-corrected chi connectivity index (χ2v) is 6.37. The van der Waals surface area contributed by atoms with Crippen LogP contribution in [0, 0.1) is 13.8 Å². The van der Waals surface area contributed by atoms with Crippen LogP contribution in [0.1, 0.15) is 11.3 Å². The smallest absolute Gasteiger partial charge is 0.230 e. The standard InChI is InChI=1S/C20H16N6O/c1-12-9-14(27-20-16-10-24-25-17(16)5-6-22-20)3-4-15(12)19-13(2)23-11-18-21-7-8-26(18)19/h3-11H,1-2H3,(H,24,25). The molecular formula is C20H16N6O. The van der Waals surface area contributed by atoms with Crippen molar-refractivity contribution in [2.24, 2.45) is 0 Å². The van der Waals surface area contributed by atoms with Gasteiger partial charge < -0.3 is 4.74 Å². The molecule has 0 radical (unpaired) electrons. The Kier molecular flexibility index (Phi) is 3.39. The van der Waals surface area contributed by atoms with E-state index in [4.69, 9.17) is 4.74 Å². The zero-order valence-electron chi connectivity index (χ0n) is 14.8. The second-order valence-electron chi connectivity index (χ2n) is 6.37. The number of nitrogens with one attached hydrogen (secondary N) is 1. The first-order valence-corrected chi connectivity index (χ1v) is 8.56. The van der Waals surface area contributed by atoms with Gasteiger partial charge in [0.2, 0.25) is 5.88 Å². The first-order valence-electron chi connectivity index (χ1n) is 8.56. The molecule has 7 nitrogen and oxygen atoms in total. The van der Waals surface area contributed by atoms with Crippen LogP contribution in [0.2, 0.25) is 0 Å². The summed E-state index contributed by atoms with van der Waals surface area (Å²) in [5, 5.41) is 7.82. The number of H-pyrrole nitrogens is 1. The minimum atomic E-state index is 0.531. The van der Waals surface area contributed by atoms with Gasteiger partial charge in [0.1, 0.15) is 5.75 Å². The van der Waals surface area contributed by atoms with E-state index in [0.29, 0.717) is 5.88 Å². The van der Waals surface area contributed by atoms with Crippen LogP contribution in [-0.4, -0.2) is 29.5 Å². The third kappa shape index (κ3) is 2.52. The van der Waals surface area contributed by atoms with Gasteiger partial charge in [-0.15, -0.1) is 0 Å². The third-order valence-electron chi connectivity index (χ3n) is 4.63. The molecule has 5 rings (SSSR count). The Bertz CT molecular complexity index is 1290. The Morgan fingerprint density at radius 3 is 2.81 bits per heavy atom. The van der Waals surface area contributed by atoms with Crippen LogP contribution < -0.4 is 4.74 Å². The van der Waals surface area contributed by atoms with Gasteiger partial charge in [-0.1, -0.05) is 0 Å². The van der Waals surface area contributed by atoms with E-state index in [1.807, 2.05) is 37.4 Å². The molecule has 0 amide bonds. The number of hydrogen-bond acceptors (Lipinski definition) is 5. The van der Waals surface area contributed by atoms with Crippen molar-refractivity contribution in [3.63, 3.8) is 0 Å². The van der Waals surface area contributed by atoms with Gasteiger partial charge in [-0.05, 0) is 43.7 Å². The molecule has 27 heavy (non-hydrogen) atoms. The number of aromatic nitrogens is 6. The molecule has 0 aliphatic heterocycles.